The van der Waals surface area contributed by atoms with Gasteiger partial charge in [0.15, 0.2) is 0 Å². The van der Waals surface area contributed by atoms with Crippen LogP contribution in [0.25, 0.3) is 0 Å². The normalized spacial score (nSPS) is 12.0. The molecule has 1 rings (SSSR count). The Balaban J connectivity index is 3.19. The Bertz CT molecular complexity index is 630. The zero-order valence-electron chi connectivity index (χ0n) is 15.0. The molecule has 4 nitrogen and oxygen atoms in total. The highest BCUT2D eigenvalue weighted by molar-refractivity contribution is 6.30. The lowest BCUT2D eigenvalue weighted by atomic mass is 9.95. The van der Waals surface area contributed by atoms with Gasteiger partial charge in [-0.25, -0.2) is 9.59 Å². The van der Waals surface area contributed by atoms with Gasteiger partial charge >= 0.3 is 11.9 Å². The molecule has 0 heterocycles. The van der Waals surface area contributed by atoms with E-state index in [-0.39, 0.29) is 0 Å². The van der Waals surface area contributed by atoms with Crippen molar-refractivity contribution < 1.29 is 19.1 Å². The van der Waals surface area contributed by atoms with Crippen LogP contribution >= 0.6 is 11.6 Å². The lowest BCUT2D eigenvalue weighted by Crippen LogP contribution is -2.11. The standard InChI is InChI=1S/C20H25ClO4/c1-4-5-6-7-16(10-13-19(22)24-2)18(20(23)25-3)14-15-8-11-17(21)12-9-15/h8-13H,4-7,14H2,1-3H3/b13-10+,18-16+. The van der Waals surface area contributed by atoms with Gasteiger partial charge in [-0.2, -0.15) is 0 Å². The average molecular weight is 365 g/mol. The lowest BCUT2D eigenvalue weighted by molar-refractivity contribution is -0.136. The Morgan fingerprint density at radius 3 is 2.28 bits per heavy atom. The van der Waals surface area contributed by atoms with Crippen molar-refractivity contribution in [2.24, 2.45) is 0 Å². The number of allylic oxidation sites excluding steroid dienone is 2. The van der Waals surface area contributed by atoms with Crippen LogP contribution < -0.4 is 0 Å². The third kappa shape index (κ3) is 7.57. The summed E-state index contributed by atoms with van der Waals surface area (Å²) in [6.07, 6.45) is 7.15. The Labute approximate surface area is 154 Å². The molecule has 0 aliphatic carbocycles. The van der Waals surface area contributed by atoms with Crippen LogP contribution in [-0.2, 0) is 25.5 Å². The number of benzene rings is 1. The maximum absolute atomic E-state index is 12.3. The van der Waals surface area contributed by atoms with Gasteiger partial charge in [0.2, 0.25) is 0 Å². The van der Waals surface area contributed by atoms with Gasteiger partial charge in [-0.05, 0) is 36.1 Å². The molecular formula is C20H25ClO4. The van der Waals surface area contributed by atoms with E-state index in [0.717, 1.165) is 30.4 Å². The van der Waals surface area contributed by atoms with Crippen LogP contribution in [0.5, 0.6) is 0 Å². The molecule has 0 aromatic heterocycles. The van der Waals surface area contributed by atoms with E-state index >= 15 is 0 Å². The summed E-state index contributed by atoms with van der Waals surface area (Å²) >= 11 is 5.92. The summed E-state index contributed by atoms with van der Waals surface area (Å²) in [5, 5.41) is 0.640. The van der Waals surface area contributed by atoms with Crippen molar-refractivity contribution in [1.82, 2.24) is 0 Å². The van der Waals surface area contributed by atoms with Crippen LogP contribution in [-0.4, -0.2) is 26.2 Å². The number of carbonyl (C=O) groups is 2. The molecule has 25 heavy (non-hydrogen) atoms. The predicted molar refractivity (Wildman–Crippen MR) is 99.5 cm³/mol. The number of carbonyl (C=O) groups excluding carboxylic acids is 2. The summed E-state index contributed by atoms with van der Waals surface area (Å²) in [6.45, 7) is 2.11. The molecule has 1 aromatic rings. The second-order valence-electron chi connectivity index (χ2n) is 5.61. The quantitative estimate of drug-likeness (QED) is 0.277. The second kappa shape index (κ2) is 11.5. The van der Waals surface area contributed by atoms with Crippen molar-refractivity contribution >= 4 is 23.5 Å². The van der Waals surface area contributed by atoms with Gasteiger partial charge in [-0.3, -0.25) is 0 Å². The molecule has 0 aliphatic rings. The maximum atomic E-state index is 12.3. The van der Waals surface area contributed by atoms with Crippen LogP contribution in [0.2, 0.25) is 5.02 Å². The third-order valence-electron chi connectivity index (χ3n) is 3.79. The van der Waals surface area contributed by atoms with E-state index in [1.54, 1.807) is 18.2 Å². The van der Waals surface area contributed by atoms with Gasteiger partial charge in [0, 0.05) is 23.1 Å². The van der Waals surface area contributed by atoms with Gasteiger partial charge in [-0.15, -0.1) is 0 Å². The summed E-state index contributed by atoms with van der Waals surface area (Å²) in [4.78, 5) is 23.8. The van der Waals surface area contributed by atoms with E-state index in [0.29, 0.717) is 23.4 Å². The van der Waals surface area contributed by atoms with Gasteiger partial charge in [0.1, 0.15) is 0 Å². The molecule has 0 aliphatic heterocycles. The first-order chi connectivity index (χ1) is 12.0. The van der Waals surface area contributed by atoms with Crippen molar-refractivity contribution in [2.45, 2.75) is 39.0 Å². The van der Waals surface area contributed by atoms with E-state index in [1.807, 2.05) is 12.1 Å². The van der Waals surface area contributed by atoms with E-state index in [9.17, 15) is 9.59 Å². The van der Waals surface area contributed by atoms with E-state index < -0.39 is 11.9 Å². The van der Waals surface area contributed by atoms with Crippen LogP contribution in [0, 0.1) is 0 Å². The number of halogens is 1. The van der Waals surface area contributed by atoms with Crippen molar-refractivity contribution in [3.63, 3.8) is 0 Å². The van der Waals surface area contributed by atoms with Gasteiger partial charge < -0.3 is 9.47 Å². The van der Waals surface area contributed by atoms with E-state index in [1.165, 1.54) is 20.3 Å². The Morgan fingerprint density at radius 2 is 1.72 bits per heavy atom. The predicted octanol–water partition coefficient (Wildman–Crippen LogP) is 4.66. The SMILES string of the molecule is CCCCCC(/C=C/C(=O)OC)=C(/Cc1ccc(Cl)cc1)C(=O)OC. The highest BCUT2D eigenvalue weighted by atomic mass is 35.5. The van der Waals surface area contributed by atoms with Crippen LogP contribution in [0.1, 0.15) is 38.2 Å². The number of hydrogen-bond acceptors (Lipinski definition) is 4. The Morgan fingerprint density at radius 1 is 1.04 bits per heavy atom. The van der Waals surface area contributed by atoms with Gasteiger partial charge in [0.05, 0.1) is 14.2 Å². The summed E-state index contributed by atoms with van der Waals surface area (Å²) < 4.78 is 9.60. The third-order valence-corrected chi connectivity index (χ3v) is 4.04. The van der Waals surface area contributed by atoms with Crippen molar-refractivity contribution in [1.29, 1.82) is 0 Å². The molecule has 0 amide bonds. The molecule has 0 N–H and O–H groups in total. The Kier molecular flexibility index (Phi) is 9.63. The molecule has 0 bridgehead atoms. The number of rotatable bonds is 9. The fourth-order valence-corrected chi connectivity index (χ4v) is 2.51. The molecule has 1 aromatic carbocycles. The summed E-state index contributed by atoms with van der Waals surface area (Å²) in [5.41, 5.74) is 2.28. The monoisotopic (exact) mass is 364 g/mol. The van der Waals surface area contributed by atoms with Crippen molar-refractivity contribution in [2.75, 3.05) is 14.2 Å². The molecule has 136 valence electrons. The number of unbranched alkanes of at least 4 members (excludes halogenated alkanes) is 2. The van der Waals surface area contributed by atoms with E-state index in [4.69, 9.17) is 16.3 Å². The fourth-order valence-electron chi connectivity index (χ4n) is 2.38. The lowest BCUT2D eigenvalue weighted by Gasteiger charge is -2.12. The zero-order chi connectivity index (χ0) is 18.7. The summed E-state index contributed by atoms with van der Waals surface area (Å²) in [7, 11) is 2.68. The van der Waals surface area contributed by atoms with E-state index in [2.05, 4.69) is 11.7 Å². The van der Waals surface area contributed by atoms with Crippen LogP contribution in [0.4, 0.5) is 0 Å². The summed E-state index contributed by atoms with van der Waals surface area (Å²) in [5.74, 6) is -0.848. The molecule has 0 atom stereocenters. The van der Waals surface area contributed by atoms with Crippen LogP contribution in [0.15, 0.2) is 47.6 Å². The molecule has 0 spiro atoms. The number of esters is 2. The number of hydrogen-bond donors (Lipinski definition) is 0. The zero-order valence-corrected chi connectivity index (χ0v) is 15.8. The van der Waals surface area contributed by atoms with Crippen LogP contribution in [0.3, 0.4) is 0 Å². The molecule has 0 fully saturated rings. The second-order valence-corrected chi connectivity index (χ2v) is 6.05. The molecular weight excluding hydrogens is 340 g/mol. The smallest absolute Gasteiger partial charge is 0.334 e. The number of ether oxygens (including phenoxy) is 2. The largest absolute Gasteiger partial charge is 0.466 e. The number of methoxy groups -OCH3 is 2. The molecule has 5 heteroatoms. The topological polar surface area (TPSA) is 52.6 Å². The highest BCUT2D eigenvalue weighted by Crippen LogP contribution is 2.21. The minimum atomic E-state index is -0.455. The molecule has 0 unspecified atom stereocenters. The minimum absolute atomic E-state index is 0.393. The van der Waals surface area contributed by atoms with Gasteiger partial charge in [0.25, 0.3) is 0 Å². The van der Waals surface area contributed by atoms with Crippen molar-refractivity contribution in [3.05, 3.63) is 58.1 Å². The first-order valence-corrected chi connectivity index (χ1v) is 8.70. The van der Waals surface area contributed by atoms with Gasteiger partial charge in [-0.1, -0.05) is 49.6 Å². The molecule has 0 radical (unpaired) electrons. The Hall–Kier alpha value is -2.07. The average Bonchev–Trinajstić information content (AvgIpc) is 2.63. The summed E-state index contributed by atoms with van der Waals surface area (Å²) in [6, 6.07) is 7.32. The van der Waals surface area contributed by atoms with Crippen molar-refractivity contribution in [3.8, 4) is 0 Å². The molecule has 0 saturated heterocycles. The first kappa shape index (κ1) is 21.0. The highest BCUT2D eigenvalue weighted by Gasteiger charge is 2.16. The molecule has 0 saturated carbocycles. The fraction of sp³-hybridized carbons (Fsp3) is 0.400. The maximum Gasteiger partial charge on any atom is 0.334 e. The minimum Gasteiger partial charge on any atom is -0.466 e. The first-order valence-electron chi connectivity index (χ1n) is 8.32.